The van der Waals surface area contributed by atoms with Crippen LogP contribution in [0.15, 0.2) is 72.9 Å². The topological polar surface area (TPSA) is 117 Å². The van der Waals surface area contributed by atoms with Crippen molar-refractivity contribution in [1.82, 2.24) is 0 Å². The zero-order valence-electron chi connectivity index (χ0n) is 37.3. The first-order chi connectivity index (χ1) is 28.4. The molecule has 0 aliphatic carbocycles. The van der Waals surface area contributed by atoms with E-state index in [1.807, 2.05) is 0 Å². The number of hydrogen-bond acceptors (Lipinski definition) is 7. The van der Waals surface area contributed by atoms with E-state index in [1.165, 1.54) is 89.9 Å². The zero-order valence-corrected chi connectivity index (χ0v) is 38.2. The molecular formula is C49H88NO7P. The van der Waals surface area contributed by atoms with Crippen molar-refractivity contribution in [3.05, 3.63) is 72.9 Å². The van der Waals surface area contributed by atoms with Gasteiger partial charge >= 0.3 is 13.8 Å². The zero-order chi connectivity index (χ0) is 42.3. The molecule has 0 aromatic carbocycles. The lowest BCUT2D eigenvalue weighted by Gasteiger charge is -2.20. The van der Waals surface area contributed by atoms with E-state index in [1.54, 1.807) is 0 Å². The fraction of sp³-hybridized carbons (Fsp3) is 0.735. The van der Waals surface area contributed by atoms with Crippen LogP contribution in [-0.4, -0.2) is 49.9 Å². The molecule has 0 heterocycles. The van der Waals surface area contributed by atoms with Crippen LogP contribution in [0.1, 0.15) is 194 Å². The van der Waals surface area contributed by atoms with Crippen LogP contribution in [0.5, 0.6) is 0 Å². The summed E-state index contributed by atoms with van der Waals surface area (Å²) >= 11 is 0. The van der Waals surface area contributed by atoms with Gasteiger partial charge in [-0.15, -0.1) is 0 Å². The standard InChI is InChI=1S/C49H88NO7P/c1-3-5-7-9-11-13-15-17-19-20-21-22-23-24-25-26-27-29-31-33-35-37-39-41-44-54-46-48(47-56-58(52,53)55-45-43-50)57-49(51)42-40-38-36-34-32-30-28-18-16-14-12-10-8-6-4-2/h5,7,11,13,17,19,21-22,24-25,27,29,48H,3-4,6,8-10,12,14-16,18,20,23,26,28,30-47,50H2,1-2H3,(H,52,53)/b7-5-,13-11-,19-17-,22-21-,25-24-,29-27-. The van der Waals surface area contributed by atoms with E-state index in [9.17, 15) is 14.3 Å². The van der Waals surface area contributed by atoms with Gasteiger partial charge in [0, 0.05) is 19.6 Å². The number of carbonyl (C=O) groups excluding carboxylic acids is 1. The highest BCUT2D eigenvalue weighted by atomic mass is 31.2. The Morgan fingerprint density at radius 3 is 1.45 bits per heavy atom. The number of ether oxygens (including phenoxy) is 2. The predicted octanol–water partition coefficient (Wildman–Crippen LogP) is 14.3. The average Bonchev–Trinajstić information content (AvgIpc) is 3.21. The third kappa shape index (κ3) is 45.0. The number of phosphoric acid groups is 1. The average molecular weight is 834 g/mol. The highest BCUT2D eigenvalue weighted by Crippen LogP contribution is 2.43. The third-order valence-corrected chi connectivity index (χ3v) is 10.6. The molecule has 336 valence electrons. The second-order valence-corrected chi connectivity index (χ2v) is 16.7. The number of carbonyl (C=O) groups is 1. The molecule has 58 heavy (non-hydrogen) atoms. The summed E-state index contributed by atoms with van der Waals surface area (Å²) in [5.74, 6) is -0.338. The lowest BCUT2D eigenvalue weighted by molar-refractivity contribution is -0.154. The van der Waals surface area contributed by atoms with Gasteiger partial charge < -0.3 is 20.1 Å². The molecule has 8 nitrogen and oxygen atoms in total. The Balaban J connectivity index is 4.04. The monoisotopic (exact) mass is 834 g/mol. The molecular weight excluding hydrogens is 746 g/mol. The van der Waals surface area contributed by atoms with E-state index in [0.717, 1.165) is 83.5 Å². The Bertz CT molecular complexity index is 1120. The number of nitrogens with two attached hydrogens (primary N) is 1. The van der Waals surface area contributed by atoms with Gasteiger partial charge in [0.05, 0.1) is 19.8 Å². The van der Waals surface area contributed by atoms with Gasteiger partial charge in [-0.2, -0.15) is 0 Å². The summed E-state index contributed by atoms with van der Waals surface area (Å²) in [6.45, 7) is 4.76. The molecule has 0 aliphatic rings. The molecule has 0 rings (SSSR count). The van der Waals surface area contributed by atoms with Crippen molar-refractivity contribution >= 4 is 13.8 Å². The Morgan fingerprint density at radius 1 is 0.534 bits per heavy atom. The Hall–Kier alpha value is -2.06. The van der Waals surface area contributed by atoms with Gasteiger partial charge in [-0.25, -0.2) is 4.57 Å². The van der Waals surface area contributed by atoms with Crippen LogP contribution < -0.4 is 5.73 Å². The van der Waals surface area contributed by atoms with Gasteiger partial charge in [-0.3, -0.25) is 13.8 Å². The molecule has 2 unspecified atom stereocenters. The first-order valence-corrected chi connectivity index (χ1v) is 24.9. The van der Waals surface area contributed by atoms with Crippen molar-refractivity contribution in [3.63, 3.8) is 0 Å². The summed E-state index contributed by atoms with van der Waals surface area (Å²) in [5.41, 5.74) is 5.38. The molecule has 2 atom stereocenters. The van der Waals surface area contributed by atoms with E-state index in [0.29, 0.717) is 13.0 Å². The van der Waals surface area contributed by atoms with Crippen molar-refractivity contribution in [2.45, 2.75) is 200 Å². The van der Waals surface area contributed by atoms with Crippen molar-refractivity contribution in [2.75, 3.05) is 33.0 Å². The lowest BCUT2D eigenvalue weighted by Crippen LogP contribution is -2.28. The first-order valence-electron chi connectivity index (χ1n) is 23.4. The summed E-state index contributed by atoms with van der Waals surface area (Å²) < 4.78 is 33.5. The molecule has 0 saturated heterocycles. The molecule has 9 heteroatoms. The maximum atomic E-state index is 12.6. The molecule has 0 saturated carbocycles. The minimum Gasteiger partial charge on any atom is -0.457 e. The van der Waals surface area contributed by atoms with Gasteiger partial charge in [0.25, 0.3) is 0 Å². The molecule has 0 bridgehead atoms. The van der Waals surface area contributed by atoms with Crippen molar-refractivity contribution in [1.29, 1.82) is 0 Å². The minimum atomic E-state index is -4.29. The van der Waals surface area contributed by atoms with E-state index in [-0.39, 0.29) is 32.3 Å². The van der Waals surface area contributed by atoms with E-state index in [2.05, 4.69) is 86.8 Å². The molecule has 0 aliphatic heterocycles. The number of phosphoric ester groups is 1. The molecule has 0 amide bonds. The normalized spacial score (nSPS) is 14.1. The molecule has 0 fully saturated rings. The molecule has 0 spiro atoms. The highest BCUT2D eigenvalue weighted by Gasteiger charge is 2.25. The van der Waals surface area contributed by atoms with E-state index >= 15 is 0 Å². The van der Waals surface area contributed by atoms with Crippen LogP contribution in [0.3, 0.4) is 0 Å². The summed E-state index contributed by atoms with van der Waals surface area (Å²) in [6.07, 6.45) is 57.8. The van der Waals surface area contributed by atoms with Crippen LogP contribution in [0.4, 0.5) is 0 Å². The van der Waals surface area contributed by atoms with Crippen molar-refractivity contribution in [3.8, 4) is 0 Å². The van der Waals surface area contributed by atoms with E-state index < -0.39 is 13.9 Å². The number of esters is 1. The Labute approximate surface area is 356 Å². The minimum absolute atomic E-state index is 0.0944. The maximum absolute atomic E-state index is 12.6. The van der Waals surface area contributed by atoms with Crippen LogP contribution in [0, 0.1) is 0 Å². The summed E-state index contributed by atoms with van der Waals surface area (Å²) in [4.78, 5) is 22.5. The largest absolute Gasteiger partial charge is 0.472 e. The number of allylic oxidation sites excluding steroid dienone is 12. The second kappa shape index (κ2) is 46.0. The molecule has 0 aromatic heterocycles. The lowest BCUT2D eigenvalue weighted by atomic mass is 10.0. The van der Waals surface area contributed by atoms with Crippen molar-refractivity contribution < 1.29 is 32.8 Å². The fourth-order valence-electron chi connectivity index (χ4n) is 6.24. The quantitative estimate of drug-likeness (QED) is 0.0270. The van der Waals surface area contributed by atoms with Gasteiger partial charge in [0.2, 0.25) is 0 Å². The molecule has 3 N–H and O–H groups in total. The van der Waals surface area contributed by atoms with Crippen LogP contribution >= 0.6 is 7.82 Å². The summed E-state index contributed by atoms with van der Waals surface area (Å²) in [5, 5.41) is 0. The van der Waals surface area contributed by atoms with Gasteiger partial charge in [0.1, 0.15) is 6.10 Å². The summed E-state index contributed by atoms with van der Waals surface area (Å²) in [7, 11) is -4.29. The Kier molecular flexibility index (Phi) is 44.4. The van der Waals surface area contributed by atoms with Crippen LogP contribution in [-0.2, 0) is 27.9 Å². The van der Waals surface area contributed by atoms with Gasteiger partial charge in [-0.1, -0.05) is 196 Å². The maximum Gasteiger partial charge on any atom is 0.472 e. The van der Waals surface area contributed by atoms with Crippen LogP contribution in [0.25, 0.3) is 0 Å². The Morgan fingerprint density at radius 2 is 0.966 bits per heavy atom. The molecule has 0 radical (unpaired) electrons. The smallest absolute Gasteiger partial charge is 0.457 e. The molecule has 0 aromatic rings. The van der Waals surface area contributed by atoms with Gasteiger partial charge in [0.15, 0.2) is 0 Å². The SMILES string of the molecule is CC/C=C\C/C=C\C/C=C\C/C=C\C/C=C\C/C=C\CCCCCCCOCC(COP(=O)(O)OCCN)OC(=O)CCCCCCCCCCCCCCCCC. The number of unbranched alkanes of at least 4 members (excludes halogenated alkanes) is 19. The first kappa shape index (κ1) is 55.9. The fourth-order valence-corrected chi connectivity index (χ4v) is 7.00. The number of rotatable bonds is 44. The van der Waals surface area contributed by atoms with Gasteiger partial charge in [-0.05, 0) is 64.2 Å². The number of hydrogen-bond donors (Lipinski definition) is 2. The van der Waals surface area contributed by atoms with Crippen LogP contribution in [0.2, 0.25) is 0 Å². The van der Waals surface area contributed by atoms with E-state index in [4.69, 9.17) is 24.3 Å². The predicted molar refractivity (Wildman–Crippen MR) is 247 cm³/mol. The highest BCUT2D eigenvalue weighted by molar-refractivity contribution is 7.47. The van der Waals surface area contributed by atoms with Crippen molar-refractivity contribution in [2.24, 2.45) is 5.73 Å². The third-order valence-electron chi connectivity index (χ3n) is 9.64. The second-order valence-electron chi connectivity index (χ2n) is 15.2. The summed E-state index contributed by atoms with van der Waals surface area (Å²) in [6, 6.07) is 0.